The van der Waals surface area contributed by atoms with Gasteiger partial charge >= 0.3 is 0 Å². The Bertz CT molecular complexity index is 894. The summed E-state index contributed by atoms with van der Waals surface area (Å²) < 4.78 is 3.75. The summed E-state index contributed by atoms with van der Waals surface area (Å²) in [4.78, 5) is 15.2. The van der Waals surface area contributed by atoms with Crippen molar-refractivity contribution >= 4 is 5.91 Å². The van der Waals surface area contributed by atoms with Crippen molar-refractivity contribution < 1.29 is 4.79 Å². The van der Waals surface area contributed by atoms with Crippen LogP contribution in [0.5, 0.6) is 0 Å². The van der Waals surface area contributed by atoms with Crippen molar-refractivity contribution in [3.8, 4) is 11.5 Å². The summed E-state index contributed by atoms with van der Waals surface area (Å²) in [6.07, 6.45) is 6.44. The molecule has 0 fully saturated rings. The van der Waals surface area contributed by atoms with Crippen LogP contribution in [-0.2, 0) is 0 Å². The predicted molar refractivity (Wildman–Crippen MR) is 112 cm³/mol. The Morgan fingerprint density at radius 1 is 1.14 bits per heavy atom. The smallest absolute Gasteiger partial charge is 0.256 e. The Balaban J connectivity index is 1.80. The van der Waals surface area contributed by atoms with Gasteiger partial charge in [-0.1, -0.05) is 26.0 Å². The van der Waals surface area contributed by atoms with E-state index in [4.69, 9.17) is 0 Å². The number of aromatic nitrogens is 3. The molecule has 3 rings (SSSR count). The van der Waals surface area contributed by atoms with Gasteiger partial charge in [0.2, 0.25) is 0 Å². The van der Waals surface area contributed by atoms with Crippen LogP contribution in [0.15, 0.2) is 55.0 Å². The van der Waals surface area contributed by atoms with Crippen molar-refractivity contribution in [3.05, 3.63) is 66.1 Å². The molecule has 1 N–H and O–H groups in total. The molecule has 0 radical (unpaired) electrons. The fraction of sp³-hybridized carbons (Fsp3) is 0.364. The summed E-state index contributed by atoms with van der Waals surface area (Å²) >= 11 is 0. The first kappa shape index (κ1) is 19.9. The lowest BCUT2D eigenvalue weighted by Crippen LogP contribution is -2.30. The number of rotatable bonds is 9. The molecule has 0 aliphatic heterocycles. The first-order valence-electron chi connectivity index (χ1n) is 9.93. The highest BCUT2D eigenvalue weighted by atomic mass is 16.1. The Morgan fingerprint density at radius 3 is 2.57 bits per heavy atom. The summed E-state index contributed by atoms with van der Waals surface area (Å²) in [6.45, 7) is 10.1. The fourth-order valence-corrected chi connectivity index (χ4v) is 3.31. The second kappa shape index (κ2) is 9.37. The number of aryl methyl sites for hydroxylation is 1. The van der Waals surface area contributed by atoms with E-state index in [9.17, 15) is 4.79 Å². The van der Waals surface area contributed by atoms with Gasteiger partial charge in [-0.15, -0.1) is 0 Å². The zero-order valence-electron chi connectivity index (χ0n) is 16.9. The monoisotopic (exact) mass is 379 g/mol. The number of amides is 1. The average molecular weight is 380 g/mol. The van der Waals surface area contributed by atoms with Gasteiger partial charge in [0.1, 0.15) is 5.56 Å². The average Bonchev–Trinajstić information content (AvgIpc) is 3.37. The van der Waals surface area contributed by atoms with Gasteiger partial charge in [-0.25, -0.2) is 4.68 Å². The Hall–Kier alpha value is -2.86. The SMILES string of the molecule is CCN(CC)CCCNC(=O)c1cnn(-c2cccc(C)c2)c1-n1cccc1. The maximum atomic E-state index is 12.9. The number of benzene rings is 1. The second-order valence-electron chi connectivity index (χ2n) is 6.86. The maximum absolute atomic E-state index is 12.9. The van der Waals surface area contributed by atoms with E-state index < -0.39 is 0 Å². The second-order valence-corrected chi connectivity index (χ2v) is 6.86. The van der Waals surface area contributed by atoms with E-state index in [1.165, 1.54) is 0 Å². The third kappa shape index (κ3) is 4.51. The minimum atomic E-state index is -0.0952. The van der Waals surface area contributed by atoms with Gasteiger partial charge in [0, 0.05) is 18.9 Å². The van der Waals surface area contributed by atoms with E-state index >= 15 is 0 Å². The Labute approximate surface area is 166 Å². The maximum Gasteiger partial charge on any atom is 0.256 e. The number of nitrogens with one attached hydrogen (secondary N) is 1. The quantitative estimate of drug-likeness (QED) is 0.580. The van der Waals surface area contributed by atoms with Crippen LogP contribution in [0.2, 0.25) is 0 Å². The lowest BCUT2D eigenvalue weighted by Gasteiger charge is -2.17. The first-order valence-corrected chi connectivity index (χ1v) is 9.93. The van der Waals surface area contributed by atoms with Crippen molar-refractivity contribution in [2.45, 2.75) is 27.2 Å². The topological polar surface area (TPSA) is 55.1 Å². The Morgan fingerprint density at radius 2 is 1.89 bits per heavy atom. The lowest BCUT2D eigenvalue weighted by atomic mass is 10.2. The van der Waals surface area contributed by atoms with E-state index in [2.05, 4.69) is 35.2 Å². The van der Waals surface area contributed by atoms with Gasteiger partial charge in [0.05, 0.1) is 11.9 Å². The molecule has 6 heteroatoms. The zero-order chi connectivity index (χ0) is 19.9. The van der Waals surface area contributed by atoms with Crippen molar-refractivity contribution in [3.63, 3.8) is 0 Å². The normalized spacial score (nSPS) is 11.1. The van der Waals surface area contributed by atoms with Crippen molar-refractivity contribution in [1.29, 1.82) is 0 Å². The zero-order valence-corrected chi connectivity index (χ0v) is 16.9. The molecular formula is C22H29N5O. The number of hydrogen-bond donors (Lipinski definition) is 1. The highest BCUT2D eigenvalue weighted by Crippen LogP contribution is 2.20. The van der Waals surface area contributed by atoms with E-state index in [-0.39, 0.29) is 5.91 Å². The van der Waals surface area contributed by atoms with E-state index in [0.717, 1.165) is 43.1 Å². The minimum absolute atomic E-state index is 0.0952. The molecule has 2 aromatic heterocycles. The number of nitrogens with zero attached hydrogens (tertiary/aromatic N) is 4. The summed E-state index contributed by atoms with van der Waals surface area (Å²) in [5, 5.41) is 7.56. The first-order chi connectivity index (χ1) is 13.6. The molecule has 0 saturated heterocycles. The molecular weight excluding hydrogens is 350 g/mol. The summed E-state index contributed by atoms with van der Waals surface area (Å²) in [5.41, 5.74) is 2.65. The molecule has 3 aromatic rings. The molecule has 148 valence electrons. The molecule has 0 atom stereocenters. The third-order valence-electron chi connectivity index (χ3n) is 4.91. The summed E-state index contributed by atoms with van der Waals surface area (Å²) in [5.74, 6) is 0.652. The largest absolute Gasteiger partial charge is 0.352 e. The van der Waals surface area contributed by atoms with Crippen LogP contribution in [0.4, 0.5) is 0 Å². The molecule has 28 heavy (non-hydrogen) atoms. The molecule has 0 spiro atoms. The molecule has 0 aliphatic carbocycles. The van der Waals surface area contributed by atoms with Crippen molar-refractivity contribution in [2.75, 3.05) is 26.2 Å². The highest BCUT2D eigenvalue weighted by Gasteiger charge is 2.19. The van der Waals surface area contributed by atoms with Crippen LogP contribution in [0.1, 0.15) is 36.2 Å². The standard InChI is InChI=1S/C22H29N5O/c1-4-25(5-2)13-9-12-23-21(28)20-17-24-27(19-11-8-10-18(3)16-19)22(20)26-14-6-7-15-26/h6-8,10-11,14-17H,4-5,9,12-13H2,1-3H3,(H,23,28). The molecule has 0 unspecified atom stereocenters. The van der Waals surface area contributed by atoms with Gasteiger partial charge in [-0.2, -0.15) is 5.10 Å². The van der Waals surface area contributed by atoms with Gasteiger partial charge in [0.15, 0.2) is 5.82 Å². The summed E-state index contributed by atoms with van der Waals surface area (Å²) in [7, 11) is 0. The van der Waals surface area contributed by atoms with E-state index in [1.54, 1.807) is 6.20 Å². The van der Waals surface area contributed by atoms with Gasteiger partial charge < -0.3 is 14.8 Å². The fourth-order valence-electron chi connectivity index (χ4n) is 3.31. The van der Waals surface area contributed by atoms with Crippen LogP contribution in [0.3, 0.4) is 0 Å². The van der Waals surface area contributed by atoms with Gasteiger partial charge in [-0.3, -0.25) is 4.79 Å². The molecule has 0 saturated carbocycles. The molecule has 0 bridgehead atoms. The van der Waals surface area contributed by atoms with Crippen LogP contribution in [0.25, 0.3) is 11.5 Å². The predicted octanol–water partition coefficient (Wildman–Crippen LogP) is 3.43. The van der Waals surface area contributed by atoms with E-state index in [0.29, 0.717) is 12.1 Å². The van der Waals surface area contributed by atoms with Crippen LogP contribution < -0.4 is 5.32 Å². The van der Waals surface area contributed by atoms with Crippen molar-refractivity contribution in [1.82, 2.24) is 24.6 Å². The van der Waals surface area contributed by atoms with E-state index in [1.807, 2.05) is 58.9 Å². The van der Waals surface area contributed by atoms with Crippen LogP contribution in [0, 0.1) is 6.92 Å². The number of hydrogen-bond acceptors (Lipinski definition) is 3. The van der Waals surface area contributed by atoms with Gasteiger partial charge in [0.25, 0.3) is 5.91 Å². The van der Waals surface area contributed by atoms with Crippen LogP contribution >= 0.6 is 0 Å². The number of carbonyl (C=O) groups excluding carboxylic acids is 1. The molecule has 2 heterocycles. The molecule has 1 amide bonds. The van der Waals surface area contributed by atoms with Crippen LogP contribution in [-0.4, -0.2) is 51.3 Å². The summed E-state index contributed by atoms with van der Waals surface area (Å²) in [6, 6.07) is 12.0. The third-order valence-corrected chi connectivity index (χ3v) is 4.91. The number of carbonyl (C=O) groups is 1. The van der Waals surface area contributed by atoms with Gasteiger partial charge in [-0.05, 0) is 62.8 Å². The molecule has 6 nitrogen and oxygen atoms in total. The highest BCUT2D eigenvalue weighted by molar-refractivity contribution is 5.97. The Kier molecular flexibility index (Phi) is 6.66. The molecule has 1 aromatic carbocycles. The van der Waals surface area contributed by atoms with Crippen molar-refractivity contribution in [2.24, 2.45) is 0 Å². The minimum Gasteiger partial charge on any atom is -0.352 e. The molecule has 0 aliphatic rings. The lowest BCUT2D eigenvalue weighted by molar-refractivity contribution is 0.0952.